The van der Waals surface area contributed by atoms with Crippen molar-refractivity contribution in [1.29, 1.82) is 0 Å². The third-order valence-electron chi connectivity index (χ3n) is 4.60. The number of carbonyl (C=O) groups excluding carboxylic acids is 1. The van der Waals surface area contributed by atoms with Gasteiger partial charge in [-0.3, -0.25) is 19.2 Å². The molecule has 10 heteroatoms. The minimum Gasteiger partial charge on any atom is -0.354 e. The van der Waals surface area contributed by atoms with Crippen molar-refractivity contribution in [1.82, 2.24) is 5.32 Å². The standard InChI is InChI=1S/C22H20FN3O5S/c23-18-11-9-17(10-12-18)13-14-24-22(27)16-25(19-5-4-6-20(15-19)26(28)29)32(30,31)21-7-2-1-3-8-21/h1-12,15H,13-14,16H2,(H,24,27). The van der Waals surface area contributed by atoms with Crippen molar-refractivity contribution in [2.45, 2.75) is 11.3 Å². The Morgan fingerprint density at radius 1 is 1.00 bits per heavy atom. The summed E-state index contributed by atoms with van der Waals surface area (Å²) in [5.41, 5.74) is 0.503. The minimum absolute atomic E-state index is 0.00302. The summed E-state index contributed by atoms with van der Waals surface area (Å²) >= 11 is 0. The first-order valence-corrected chi connectivity index (χ1v) is 11.0. The van der Waals surface area contributed by atoms with E-state index in [1.807, 2.05) is 0 Å². The van der Waals surface area contributed by atoms with Gasteiger partial charge in [0.15, 0.2) is 0 Å². The highest BCUT2D eigenvalue weighted by atomic mass is 32.2. The Bertz CT molecular complexity index is 1200. The number of amides is 1. The molecule has 166 valence electrons. The van der Waals surface area contributed by atoms with E-state index in [4.69, 9.17) is 0 Å². The number of non-ortho nitro benzene ring substituents is 1. The van der Waals surface area contributed by atoms with Crippen LogP contribution in [0.1, 0.15) is 5.56 Å². The molecule has 0 heterocycles. The molecule has 0 saturated carbocycles. The van der Waals surface area contributed by atoms with Gasteiger partial charge in [0.1, 0.15) is 12.4 Å². The molecule has 0 aromatic heterocycles. The van der Waals surface area contributed by atoms with Crippen molar-refractivity contribution in [2.75, 3.05) is 17.4 Å². The molecular weight excluding hydrogens is 437 g/mol. The molecule has 1 amide bonds. The average Bonchev–Trinajstić information content (AvgIpc) is 2.79. The monoisotopic (exact) mass is 457 g/mol. The topological polar surface area (TPSA) is 110 Å². The largest absolute Gasteiger partial charge is 0.354 e. The van der Waals surface area contributed by atoms with Gasteiger partial charge in [0.05, 0.1) is 15.5 Å². The maximum Gasteiger partial charge on any atom is 0.271 e. The number of hydrogen-bond acceptors (Lipinski definition) is 5. The number of rotatable bonds is 9. The molecule has 0 spiro atoms. The van der Waals surface area contributed by atoms with E-state index >= 15 is 0 Å². The van der Waals surface area contributed by atoms with Crippen LogP contribution in [0.2, 0.25) is 0 Å². The molecule has 0 radical (unpaired) electrons. The molecule has 8 nitrogen and oxygen atoms in total. The van der Waals surface area contributed by atoms with Gasteiger partial charge in [0, 0.05) is 18.7 Å². The van der Waals surface area contributed by atoms with Crippen molar-refractivity contribution in [2.24, 2.45) is 0 Å². The second-order valence-corrected chi connectivity index (χ2v) is 8.69. The third-order valence-corrected chi connectivity index (χ3v) is 6.38. The second-order valence-electron chi connectivity index (χ2n) is 6.83. The summed E-state index contributed by atoms with van der Waals surface area (Å²) in [6.07, 6.45) is 0.425. The van der Waals surface area contributed by atoms with Crippen LogP contribution < -0.4 is 9.62 Å². The molecule has 3 aromatic rings. The smallest absolute Gasteiger partial charge is 0.271 e. The molecule has 0 unspecified atom stereocenters. The van der Waals surface area contributed by atoms with Gasteiger partial charge in [-0.05, 0) is 42.3 Å². The molecule has 0 aliphatic rings. The summed E-state index contributed by atoms with van der Waals surface area (Å²) in [7, 11) is -4.17. The average molecular weight is 457 g/mol. The number of hydrogen-bond donors (Lipinski definition) is 1. The zero-order chi connectivity index (χ0) is 23.1. The molecule has 0 bridgehead atoms. The SMILES string of the molecule is O=C(CN(c1cccc([N+](=O)[O-])c1)S(=O)(=O)c1ccccc1)NCCc1ccc(F)cc1. The summed E-state index contributed by atoms with van der Waals surface area (Å²) in [5.74, 6) is -0.949. The zero-order valence-electron chi connectivity index (χ0n) is 16.8. The summed E-state index contributed by atoms with van der Waals surface area (Å²) in [6.45, 7) is -0.361. The van der Waals surface area contributed by atoms with Crippen molar-refractivity contribution in [3.05, 3.63) is 100 Å². The van der Waals surface area contributed by atoms with Crippen LogP contribution in [0.3, 0.4) is 0 Å². The van der Waals surface area contributed by atoms with Gasteiger partial charge in [0.25, 0.3) is 15.7 Å². The predicted octanol–water partition coefficient (Wildman–Crippen LogP) is 3.29. The fraction of sp³-hybridized carbons (Fsp3) is 0.136. The van der Waals surface area contributed by atoms with E-state index < -0.39 is 27.4 Å². The van der Waals surface area contributed by atoms with Gasteiger partial charge in [0.2, 0.25) is 5.91 Å². The lowest BCUT2D eigenvalue weighted by atomic mass is 10.1. The molecule has 0 aliphatic carbocycles. The number of sulfonamides is 1. The highest BCUT2D eigenvalue weighted by Gasteiger charge is 2.28. The number of nitrogens with one attached hydrogen (secondary N) is 1. The molecule has 1 N–H and O–H groups in total. The van der Waals surface area contributed by atoms with Crippen LogP contribution in [0.15, 0.2) is 83.8 Å². The number of nitro groups is 1. The minimum atomic E-state index is -4.17. The Hall–Kier alpha value is -3.79. The van der Waals surface area contributed by atoms with Gasteiger partial charge in [-0.1, -0.05) is 36.4 Å². The quantitative estimate of drug-likeness (QED) is 0.392. The first-order chi connectivity index (χ1) is 15.3. The molecule has 3 aromatic carbocycles. The van der Waals surface area contributed by atoms with E-state index in [0.29, 0.717) is 6.42 Å². The van der Waals surface area contributed by atoms with E-state index in [2.05, 4.69) is 5.32 Å². The predicted molar refractivity (Wildman–Crippen MR) is 117 cm³/mol. The van der Waals surface area contributed by atoms with Crippen LogP contribution >= 0.6 is 0 Å². The van der Waals surface area contributed by atoms with Gasteiger partial charge in [-0.25, -0.2) is 12.8 Å². The summed E-state index contributed by atoms with van der Waals surface area (Å²) in [5, 5.41) is 13.8. The van der Waals surface area contributed by atoms with Crippen LogP contribution in [-0.2, 0) is 21.2 Å². The number of carbonyl (C=O) groups is 1. The summed E-state index contributed by atoms with van der Waals surface area (Å²) < 4.78 is 40.3. The summed E-state index contributed by atoms with van der Waals surface area (Å²) in [4.78, 5) is 23.0. The lowest BCUT2D eigenvalue weighted by Gasteiger charge is -2.24. The lowest BCUT2D eigenvalue weighted by molar-refractivity contribution is -0.384. The van der Waals surface area contributed by atoms with E-state index in [1.165, 1.54) is 42.5 Å². The molecule has 0 atom stereocenters. The summed E-state index contributed by atoms with van der Waals surface area (Å²) in [6, 6.07) is 18.4. The van der Waals surface area contributed by atoms with E-state index in [-0.39, 0.29) is 28.6 Å². The van der Waals surface area contributed by atoms with Crippen LogP contribution in [0.4, 0.5) is 15.8 Å². The van der Waals surface area contributed by atoms with Gasteiger partial charge in [-0.2, -0.15) is 0 Å². The zero-order valence-corrected chi connectivity index (χ0v) is 17.7. The fourth-order valence-corrected chi connectivity index (χ4v) is 4.41. The van der Waals surface area contributed by atoms with Crippen LogP contribution in [0.5, 0.6) is 0 Å². The Balaban J connectivity index is 1.81. The molecular formula is C22H20FN3O5S. The van der Waals surface area contributed by atoms with Crippen molar-refractivity contribution >= 4 is 27.3 Å². The van der Waals surface area contributed by atoms with Crippen molar-refractivity contribution in [3.63, 3.8) is 0 Å². The molecule has 0 saturated heterocycles. The Kier molecular flexibility index (Phi) is 7.16. The number of nitrogens with zero attached hydrogens (tertiary/aromatic N) is 2. The maximum atomic E-state index is 13.2. The van der Waals surface area contributed by atoms with Crippen LogP contribution in [0.25, 0.3) is 0 Å². The number of halogens is 1. The fourth-order valence-electron chi connectivity index (χ4n) is 2.98. The first-order valence-electron chi connectivity index (χ1n) is 9.61. The van der Waals surface area contributed by atoms with Crippen molar-refractivity contribution in [3.8, 4) is 0 Å². The Labute approximate surface area is 184 Å². The number of benzene rings is 3. The third kappa shape index (κ3) is 5.67. The van der Waals surface area contributed by atoms with Crippen LogP contribution in [0, 0.1) is 15.9 Å². The van der Waals surface area contributed by atoms with Crippen LogP contribution in [-0.4, -0.2) is 32.3 Å². The first kappa shape index (κ1) is 22.9. The highest BCUT2D eigenvalue weighted by molar-refractivity contribution is 7.92. The molecule has 3 rings (SSSR count). The molecule has 32 heavy (non-hydrogen) atoms. The van der Waals surface area contributed by atoms with Crippen molar-refractivity contribution < 1.29 is 22.5 Å². The molecule has 0 fully saturated rings. The Morgan fingerprint density at radius 3 is 2.34 bits per heavy atom. The van der Waals surface area contributed by atoms with Gasteiger partial charge in [-0.15, -0.1) is 0 Å². The number of anilines is 1. The second kappa shape index (κ2) is 10.0. The highest BCUT2D eigenvalue weighted by Crippen LogP contribution is 2.26. The number of nitro benzene ring substituents is 1. The molecule has 0 aliphatic heterocycles. The van der Waals surface area contributed by atoms with E-state index in [1.54, 1.807) is 30.3 Å². The van der Waals surface area contributed by atoms with Gasteiger partial charge < -0.3 is 5.32 Å². The van der Waals surface area contributed by atoms with Gasteiger partial charge >= 0.3 is 0 Å². The lowest BCUT2D eigenvalue weighted by Crippen LogP contribution is -2.41. The normalized spacial score (nSPS) is 11.0. The van der Waals surface area contributed by atoms with E-state index in [9.17, 15) is 27.7 Å². The Morgan fingerprint density at radius 2 is 1.69 bits per heavy atom. The van der Waals surface area contributed by atoms with E-state index in [0.717, 1.165) is 15.9 Å². The maximum absolute atomic E-state index is 13.2.